The lowest BCUT2D eigenvalue weighted by atomic mass is 10.6. The lowest BCUT2D eigenvalue weighted by Crippen LogP contribution is -2.11. The molecule has 0 aromatic carbocycles. The van der Waals surface area contributed by atoms with Crippen LogP contribution in [0.3, 0.4) is 0 Å². The lowest BCUT2D eigenvalue weighted by molar-refractivity contribution is 0.137. The van der Waals surface area contributed by atoms with E-state index < -0.39 is 18.3 Å². The minimum atomic E-state index is -1.23. The van der Waals surface area contributed by atoms with Gasteiger partial charge in [0.1, 0.15) is 6.61 Å². The Morgan fingerprint density at radius 3 is 1.36 bits per heavy atom. The van der Waals surface area contributed by atoms with Crippen molar-refractivity contribution in [1.29, 1.82) is 0 Å². The molecule has 0 aliphatic heterocycles. The standard InChI is InChI=1S/C3H6O4.C2H8N2/c4-1-2(5)3(6)7;3-1-2-4/h4-7H,1H2;1-4H2. The Morgan fingerprint density at radius 1 is 1.00 bits per heavy atom. The monoisotopic (exact) mass is 166 g/mol. The Labute approximate surface area is 64.4 Å². The van der Waals surface area contributed by atoms with E-state index >= 15 is 0 Å². The fraction of sp³-hybridized carbons (Fsp3) is 0.600. The maximum absolute atomic E-state index is 8.06. The van der Waals surface area contributed by atoms with Crippen molar-refractivity contribution in [2.45, 2.75) is 0 Å². The largest absolute Gasteiger partial charge is 0.504 e. The molecule has 68 valence electrons. The summed E-state index contributed by atoms with van der Waals surface area (Å²) < 4.78 is 0. The van der Waals surface area contributed by atoms with Crippen LogP contribution in [0.5, 0.6) is 0 Å². The summed E-state index contributed by atoms with van der Waals surface area (Å²) in [7, 11) is 0. The molecule has 0 fully saturated rings. The van der Waals surface area contributed by atoms with E-state index in [0.717, 1.165) is 0 Å². The average molecular weight is 166 g/mol. The highest BCUT2D eigenvalue weighted by Crippen LogP contribution is 1.87. The highest BCUT2D eigenvalue weighted by atomic mass is 16.5. The molecule has 0 unspecified atom stereocenters. The molecule has 0 radical (unpaired) electrons. The molecule has 0 saturated heterocycles. The van der Waals surface area contributed by atoms with Crippen LogP contribution in [0.2, 0.25) is 0 Å². The predicted molar refractivity (Wildman–Crippen MR) is 40.1 cm³/mol. The summed E-state index contributed by atoms with van der Waals surface area (Å²) in [6.07, 6.45) is 0. The summed E-state index contributed by atoms with van der Waals surface area (Å²) in [5.41, 5.74) is 9.81. The quantitative estimate of drug-likeness (QED) is 0.283. The molecule has 6 nitrogen and oxygen atoms in total. The van der Waals surface area contributed by atoms with E-state index in [1.54, 1.807) is 0 Å². The third-order valence-corrected chi connectivity index (χ3v) is 0.575. The van der Waals surface area contributed by atoms with Gasteiger partial charge in [0.05, 0.1) is 0 Å². The Hall–Kier alpha value is -0.980. The zero-order chi connectivity index (χ0) is 9.28. The maximum atomic E-state index is 8.06. The number of nitrogens with two attached hydrogens (primary N) is 2. The molecule has 6 heteroatoms. The van der Waals surface area contributed by atoms with Gasteiger partial charge in [0, 0.05) is 13.1 Å². The number of rotatable bonds is 2. The molecule has 8 N–H and O–H groups in total. The number of hydrogen-bond donors (Lipinski definition) is 6. The zero-order valence-corrected chi connectivity index (χ0v) is 6.06. The minimum Gasteiger partial charge on any atom is -0.504 e. The van der Waals surface area contributed by atoms with Crippen molar-refractivity contribution in [3.8, 4) is 0 Å². The van der Waals surface area contributed by atoms with Gasteiger partial charge in [-0.25, -0.2) is 0 Å². The van der Waals surface area contributed by atoms with E-state index in [1.165, 1.54) is 0 Å². The SMILES string of the molecule is NCCN.OCC(O)=C(O)O. The molecule has 0 aliphatic carbocycles. The van der Waals surface area contributed by atoms with Crippen LogP contribution < -0.4 is 11.5 Å². The molecule has 0 heterocycles. The van der Waals surface area contributed by atoms with Crippen LogP contribution in [-0.2, 0) is 0 Å². The van der Waals surface area contributed by atoms with Crippen LogP contribution in [0.4, 0.5) is 0 Å². The summed E-state index contributed by atoms with van der Waals surface area (Å²) >= 11 is 0. The Balaban J connectivity index is 0. The number of aliphatic hydroxyl groups is 4. The minimum absolute atomic E-state index is 0.597. The fourth-order valence-corrected chi connectivity index (χ4v) is 0.0707. The normalized spacial score (nSPS) is 7.91. The average Bonchev–Trinajstić information content (AvgIpc) is 2.03. The number of hydrogen-bond acceptors (Lipinski definition) is 6. The third kappa shape index (κ3) is 12.3. The lowest BCUT2D eigenvalue weighted by Gasteiger charge is -1.89. The predicted octanol–water partition coefficient (Wildman–Crippen LogP) is -1.27. The number of aliphatic hydroxyl groups excluding tert-OH is 3. The summed E-state index contributed by atoms with van der Waals surface area (Å²) in [6, 6.07) is 0. The molecular weight excluding hydrogens is 152 g/mol. The van der Waals surface area contributed by atoms with Crippen molar-refractivity contribution >= 4 is 0 Å². The van der Waals surface area contributed by atoms with Gasteiger partial charge in [-0.1, -0.05) is 0 Å². The van der Waals surface area contributed by atoms with Crippen molar-refractivity contribution in [2.75, 3.05) is 19.7 Å². The molecular formula is C5H14N2O4. The van der Waals surface area contributed by atoms with Gasteiger partial charge in [0.25, 0.3) is 0 Å². The Morgan fingerprint density at radius 2 is 1.36 bits per heavy atom. The van der Waals surface area contributed by atoms with E-state index in [4.69, 9.17) is 31.9 Å². The van der Waals surface area contributed by atoms with Crippen LogP contribution in [-0.4, -0.2) is 40.1 Å². The van der Waals surface area contributed by atoms with E-state index in [1.807, 2.05) is 0 Å². The van der Waals surface area contributed by atoms with Gasteiger partial charge < -0.3 is 31.9 Å². The summed E-state index contributed by atoms with van der Waals surface area (Å²) in [4.78, 5) is 0. The van der Waals surface area contributed by atoms with E-state index in [0.29, 0.717) is 13.1 Å². The molecule has 0 rings (SSSR count). The first-order valence-corrected chi connectivity index (χ1v) is 2.91. The fourth-order valence-electron chi connectivity index (χ4n) is 0.0707. The van der Waals surface area contributed by atoms with Crippen molar-refractivity contribution in [1.82, 2.24) is 0 Å². The first-order chi connectivity index (χ1) is 5.09. The Kier molecular flexibility index (Phi) is 10.4. The van der Waals surface area contributed by atoms with Crippen LogP contribution in [0, 0.1) is 0 Å². The van der Waals surface area contributed by atoms with Crippen LogP contribution in [0.15, 0.2) is 11.7 Å². The molecule has 0 bridgehead atoms. The van der Waals surface area contributed by atoms with Crippen molar-refractivity contribution < 1.29 is 20.4 Å². The molecule has 0 atom stereocenters. The van der Waals surface area contributed by atoms with Gasteiger partial charge in [-0.05, 0) is 0 Å². The molecule has 0 aromatic heterocycles. The van der Waals surface area contributed by atoms with E-state index in [9.17, 15) is 0 Å². The van der Waals surface area contributed by atoms with Gasteiger partial charge in [-0.2, -0.15) is 0 Å². The van der Waals surface area contributed by atoms with Crippen molar-refractivity contribution in [3.63, 3.8) is 0 Å². The van der Waals surface area contributed by atoms with Crippen molar-refractivity contribution in [3.05, 3.63) is 11.7 Å². The summed E-state index contributed by atoms with van der Waals surface area (Å²) in [5.74, 6) is -2.05. The molecule has 0 aromatic rings. The molecule has 0 amide bonds. The smallest absolute Gasteiger partial charge is 0.316 e. The summed E-state index contributed by atoms with van der Waals surface area (Å²) in [6.45, 7) is 0.447. The first kappa shape index (κ1) is 12.7. The van der Waals surface area contributed by atoms with E-state index in [-0.39, 0.29) is 0 Å². The van der Waals surface area contributed by atoms with Gasteiger partial charge in [0.15, 0.2) is 5.76 Å². The highest BCUT2D eigenvalue weighted by Gasteiger charge is 1.95. The topological polar surface area (TPSA) is 133 Å². The first-order valence-electron chi connectivity index (χ1n) is 2.91. The molecule has 0 aliphatic rings. The zero-order valence-electron chi connectivity index (χ0n) is 6.06. The van der Waals surface area contributed by atoms with Gasteiger partial charge in [-0.15, -0.1) is 0 Å². The molecule has 0 spiro atoms. The maximum Gasteiger partial charge on any atom is 0.316 e. The van der Waals surface area contributed by atoms with Crippen LogP contribution in [0.1, 0.15) is 0 Å². The molecule has 0 saturated carbocycles. The molecule has 11 heavy (non-hydrogen) atoms. The second-order valence-electron chi connectivity index (χ2n) is 1.51. The highest BCUT2D eigenvalue weighted by molar-refractivity contribution is 4.87. The third-order valence-electron chi connectivity index (χ3n) is 0.575. The second-order valence-corrected chi connectivity index (χ2v) is 1.51. The van der Waals surface area contributed by atoms with Gasteiger partial charge in [0.2, 0.25) is 0 Å². The Bertz CT molecular complexity index is 109. The van der Waals surface area contributed by atoms with Gasteiger partial charge in [-0.3, -0.25) is 0 Å². The van der Waals surface area contributed by atoms with Crippen LogP contribution in [0.25, 0.3) is 0 Å². The van der Waals surface area contributed by atoms with Crippen LogP contribution >= 0.6 is 0 Å². The summed E-state index contributed by atoms with van der Waals surface area (Å²) in [5, 5.41) is 31.6. The second kappa shape index (κ2) is 9.02. The van der Waals surface area contributed by atoms with Crippen molar-refractivity contribution in [2.24, 2.45) is 11.5 Å². The van der Waals surface area contributed by atoms with E-state index in [2.05, 4.69) is 0 Å². The van der Waals surface area contributed by atoms with Gasteiger partial charge >= 0.3 is 5.95 Å².